The van der Waals surface area contributed by atoms with Crippen LogP contribution in [0.15, 0.2) is 42.5 Å². The minimum atomic E-state index is 0.624. The Balaban J connectivity index is 2.13. The van der Waals surface area contributed by atoms with Crippen LogP contribution in [-0.4, -0.2) is 0 Å². The van der Waals surface area contributed by atoms with Crippen molar-refractivity contribution in [2.75, 3.05) is 5.32 Å². The highest BCUT2D eigenvalue weighted by Gasteiger charge is 2.04. The first kappa shape index (κ1) is 13.0. The van der Waals surface area contributed by atoms with E-state index < -0.39 is 0 Å². The molecular formula is C13H10Cl2IN. The first-order valence-electron chi connectivity index (χ1n) is 5.09. The molecule has 0 aliphatic heterocycles. The van der Waals surface area contributed by atoms with Crippen LogP contribution in [0.4, 0.5) is 5.69 Å². The molecule has 2 aromatic rings. The fraction of sp³-hybridized carbons (Fsp3) is 0.0769. The van der Waals surface area contributed by atoms with Crippen LogP contribution in [0.25, 0.3) is 0 Å². The summed E-state index contributed by atoms with van der Waals surface area (Å²) in [4.78, 5) is 0. The SMILES string of the molecule is Clc1cccc(Cl)c1CNc1cccc(I)c1. The highest BCUT2D eigenvalue weighted by atomic mass is 127. The lowest BCUT2D eigenvalue weighted by Gasteiger charge is -2.10. The lowest BCUT2D eigenvalue weighted by atomic mass is 10.2. The highest BCUT2D eigenvalue weighted by Crippen LogP contribution is 2.25. The number of anilines is 1. The van der Waals surface area contributed by atoms with Gasteiger partial charge < -0.3 is 5.32 Å². The maximum Gasteiger partial charge on any atom is 0.0470 e. The minimum absolute atomic E-state index is 0.624. The molecule has 0 aliphatic carbocycles. The Bertz CT molecular complexity index is 508. The van der Waals surface area contributed by atoms with Gasteiger partial charge in [-0.1, -0.05) is 35.3 Å². The van der Waals surface area contributed by atoms with Gasteiger partial charge in [0.05, 0.1) is 0 Å². The van der Waals surface area contributed by atoms with Crippen molar-refractivity contribution < 1.29 is 0 Å². The van der Waals surface area contributed by atoms with Crippen LogP contribution in [-0.2, 0) is 6.54 Å². The number of hydrogen-bond acceptors (Lipinski definition) is 1. The summed E-state index contributed by atoms with van der Waals surface area (Å²) in [5, 5.41) is 4.69. The van der Waals surface area contributed by atoms with E-state index in [-0.39, 0.29) is 0 Å². The maximum atomic E-state index is 6.10. The first-order valence-corrected chi connectivity index (χ1v) is 6.92. The molecule has 0 aromatic heterocycles. The van der Waals surface area contributed by atoms with E-state index in [2.05, 4.69) is 34.0 Å². The number of benzene rings is 2. The quantitative estimate of drug-likeness (QED) is 0.724. The fourth-order valence-electron chi connectivity index (χ4n) is 1.49. The molecule has 2 aromatic carbocycles. The summed E-state index contributed by atoms with van der Waals surface area (Å²) in [5.74, 6) is 0. The van der Waals surface area contributed by atoms with Crippen molar-refractivity contribution >= 4 is 51.5 Å². The third kappa shape index (κ3) is 3.50. The van der Waals surface area contributed by atoms with Crippen molar-refractivity contribution in [3.63, 3.8) is 0 Å². The average Bonchev–Trinajstić information content (AvgIpc) is 2.28. The van der Waals surface area contributed by atoms with Crippen molar-refractivity contribution in [2.24, 2.45) is 0 Å². The first-order chi connectivity index (χ1) is 8.16. The van der Waals surface area contributed by atoms with Crippen LogP contribution in [0.5, 0.6) is 0 Å². The minimum Gasteiger partial charge on any atom is -0.381 e. The summed E-state index contributed by atoms with van der Waals surface area (Å²) in [5.41, 5.74) is 1.99. The summed E-state index contributed by atoms with van der Waals surface area (Å²) in [6, 6.07) is 13.7. The molecule has 0 bridgehead atoms. The van der Waals surface area contributed by atoms with Crippen molar-refractivity contribution in [2.45, 2.75) is 6.54 Å². The molecule has 1 nitrogen and oxygen atoms in total. The second-order valence-electron chi connectivity index (χ2n) is 3.56. The molecule has 0 unspecified atom stereocenters. The van der Waals surface area contributed by atoms with E-state index in [1.165, 1.54) is 3.57 Å². The Morgan fingerprint density at radius 2 is 1.65 bits per heavy atom. The van der Waals surface area contributed by atoms with Gasteiger partial charge in [-0.25, -0.2) is 0 Å². The highest BCUT2D eigenvalue weighted by molar-refractivity contribution is 14.1. The van der Waals surface area contributed by atoms with Gasteiger partial charge in [-0.05, 0) is 52.9 Å². The zero-order valence-electron chi connectivity index (χ0n) is 8.88. The predicted octanol–water partition coefficient (Wildman–Crippen LogP) is 5.21. The Labute approximate surface area is 124 Å². The normalized spacial score (nSPS) is 10.3. The van der Waals surface area contributed by atoms with E-state index in [1.54, 1.807) is 0 Å². The zero-order chi connectivity index (χ0) is 12.3. The molecule has 4 heteroatoms. The van der Waals surface area contributed by atoms with Gasteiger partial charge in [-0.3, -0.25) is 0 Å². The van der Waals surface area contributed by atoms with Gasteiger partial charge in [0.1, 0.15) is 0 Å². The summed E-state index contributed by atoms with van der Waals surface area (Å²) in [7, 11) is 0. The molecule has 0 heterocycles. The Hall–Kier alpha value is -0.450. The van der Waals surface area contributed by atoms with Gasteiger partial charge in [0.2, 0.25) is 0 Å². The largest absolute Gasteiger partial charge is 0.381 e. The molecule has 0 saturated carbocycles. The molecule has 0 atom stereocenters. The molecule has 0 saturated heterocycles. The monoisotopic (exact) mass is 377 g/mol. The molecule has 2 rings (SSSR count). The van der Waals surface area contributed by atoms with Crippen molar-refractivity contribution in [3.8, 4) is 0 Å². The summed E-state index contributed by atoms with van der Waals surface area (Å²) >= 11 is 14.5. The number of hydrogen-bond donors (Lipinski definition) is 1. The lowest BCUT2D eigenvalue weighted by molar-refractivity contribution is 1.15. The van der Waals surface area contributed by atoms with Gasteiger partial charge in [0.25, 0.3) is 0 Å². The molecule has 0 spiro atoms. The smallest absolute Gasteiger partial charge is 0.0470 e. The van der Waals surface area contributed by atoms with Crippen molar-refractivity contribution in [1.29, 1.82) is 0 Å². The fourth-order valence-corrected chi connectivity index (χ4v) is 2.56. The third-order valence-corrected chi connectivity index (χ3v) is 3.73. The number of nitrogens with one attached hydrogen (secondary N) is 1. The molecule has 0 aliphatic rings. The van der Waals surface area contributed by atoms with Crippen molar-refractivity contribution in [3.05, 3.63) is 61.6 Å². The summed E-state index contributed by atoms with van der Waals surface area (Å²) in [6.45, 7) is 0.624. The van der Waals surface area contributed by atoms with Crippen LogP contribution < -0.4 is 5.32 Å². The van der Waals surface area contributed by atoms with Gasteiger partial charge in [-0.2, -0.15) is 0 Å². The van der Waals surface area contributed by atoms with Gasteiger partial charge in [0.15, 0.2) is 0 Å². The number of halogens is 3. The molecule has 1 N–H and O–H groups in total. The van der Waals surface area contributed by atoms with E-state index >= 15 is 0 Å². The molecule has 0 fully saturated rings. The maximum absolute atomic E-state index is 6.10. The van der Waals surface area contributed by atoms with E-state index in [9.17, 15) is 0 Å². The molecule has 17 heavy (non-hydrogen) atoms. The van der Waals surface area contributed by atoms with E-state index in [1.807, 2.05) is 36.4 Å². The topological polar surface area (TPSA) is 12.0 Å². The van der Waals surface area contributed by atoms with Crippen LogP contribution >= 0.6 is 45.8 Å². The van der Waals surface area contributed by atoms with E-state index in [4.69, 9.17) is 23.2 Å². The average molecular weight is 378 g/mol. The Kier molecular flexibility index (Phi) is 4.54. The summed E-state index contributed by atoms with van der Waals surface area (Å²) in [6.07, 6.45) is 0. The zero-order valence-corrected chi connectivity index (χ0v) is 12.6. The molecule has 88 valence electrons. The van der Waals surface area contributed by atoms with Crippen molar-refractivity contribution in [1.82, 2.24) is 0 Å². The van der Waals surface area contributed by atoms with Gasteiger partial charge in [-0.15, -0.1) is 0 Å². The lowest BCUT2D eigenvalue weighted by Crippen LogP contribution is -2.00. The molecular weight excluding hydrogens is 368 g/mol. The second-order valence-corrected chi connectivity index (χ2v) is 5.62. The van der Waals surface area contributed by atoms with Gasteiger partial charge >= 0.3 is 0 Å². The standard InChI is InChI=1S/C13H10Cl2IN/c14-12-5-2-6-13(15)11(12)8-17-10-4-1-3-9(16)7-10/h1-7,17H,8H2. The van der Waals surface area contributed by atoms with E-state index in [0.717, 1.165) is 11.3 Å². The third-order valence-electron chi connectivity index (χ3n) is 2.36. The van der Waals surface area contributed by atoms with Gasteiger partial charge in [0, 0.05) is 31.4 Å². The van der Waals surface area contributed by atoms with Crippen LogP contribution in [0, 0.1) is 3.57 Å². The van der Waals surface area contributed by atoms with Crippen LogP contribution in [0.2, 0.25) is 10.0 Å². The van der Waals surface area contributed by atoms with Crippen LogP contribution in [0.3, 0.4) is 0 Å². The predicted molar refractivity (Wildman–Crippen MR) is 82.9 cm³/mol. The Morgan fingerprint density at radius 3 is 2.29 bits per heavy atom. The van der Waals surface area contributed by atoms with E-state index in [0.29, 0.717) is 16.6 Å². The summed E-state index contributed by atoms with van der Waals surface area (Å²) < 4.78 is 1.19. The Morgan fingerprint density at radius 1 is 1.00 bits per heavy atom. The molecule has 0 amide bonds. The molecule has 0 radical (unpaired) electrons. The van der Waals surface area contributed by atoms with Crippen LogP contribution in [0.1, 0.15) is 5.56 Å². The number of rotatable bonds is 3. The second kappa shape index (κ2) is 5.94.